The van der Waals surface area contributed by atoms with Gasteiger partial charge in [-0.25, -0.2) is 9.65 Å². The molecule has 15 heavy (non-hydrogen) atoms. The highest BCUT2D eigenvalue weighted by Crippen LogP contribution is 2.46. The Hall–Kier alpha value is -0.330. The minimum Gasteiger partial charge on any atom is -0.300 e. The van der Waals surface area contributed by atoms with E-state index in [4.69, 9.17) is 15.5 Å². The van der Waals surface area contributed by atoms with E-state index in [1.54, 1.807) is 0 Å². The third-order valence-electron chi connectivity index (χ3n) is 2.82. The van der Waals surface area contributed by atoms with E-state index in [1.165, 1.54) is 20.6 Å². The lowest BCUT2D eigenvalue weighted by Gasteiger charge is -2.35. The molecule has 0 bridgehead atoms. The quantitative estimate of drug-likeness (QED) is 0.595. The van der Waals surface area contributed by atoms with Crippen LogP contribution in [0, 0.1) is 12.3 Å². The van der Waals surface area contributed by atoms with Gasteiger partial charge in [0.1, 0.15) is 0 Å². The average molecular weight is 231 g/mol. The van der Waals surface area contributed by atoms with Gasteiger partial charge in [0.05, 0.1) is 5.54 Å². The van der Waals surface area contributed by atoms with Gasteiger partial charge in [-0.2, -0.15) is 0 Å². The summed E-state index contributed by atoms with van der Waals surface area (Å²) >= 11 is 0. The first kappa shape index (κ1) is 12.7. The molecule has 1 fully saturated rings. The first-order chi connectivity index (χ1) is 7.10. The SMILES string of the molecule is C#CC1(NP(=O)(OC)OC)CCCCC1. The zero-order valence-corrected chi connectivity index (χ0v) is 10.2. The molecule has 0 aromatic heterocycles. The maximum Gasteiger partial charge on any atom is 0.406 e. The second-order valence-corrected chi connectivity index (χ2v) is 5.71. The largest absolute Gasteiger partial charge is 0.406 e. The van der Waals surface area contributed by atoms with Gasteiger partial charge >= 0.3 is 7.75 Å². The topological polar surface area (TPSA) is 47.6 Å². The van der Waals surface area contributed by atoms with Crippen LogP contribution in [0.3, 0.4) is 0 Å². The predicted molar refractivity (Wildman–Crippen MR) is 59.4 cm³/mol. The van der Waals surface area contributed by atoms with Crippen molar-refractivity contribution in [1.82, 2.24) is 5.09 Å². The molecule has 0 aromatic rings. The summed E-state index contributed by atoms with van der Waals surface area (Å²) < 4.78 is 21.6. The van der Waals surface area contributed by atoms with E-state index in [2.05, 4.69) is 11.0 Å². The van der Waals surface area contributed by atoms with Gasteiger partial charge in [-0.15, -0.1) is 6.42 Å². The van der Waals surface area contributed by atoms with E-state index >= 15 is 0 Å². The second-order valence-electron chi connectivity index (χ2n) is 3.76. The molecule has 86 valence electrons. The zero-order valence-electron chi connectivity index (χ0n) is 9.28. The molecule has 0 saturated heterocycles. The summed E-state index contributed by atoms with van der Waals surface area (Å²) in [6.07, 6.45) is 10.4. The minimum absolute atomic E-state index is 0.528. The lowest BCUT2D eigenvalue weighted by Crippen LogP contribution is -2.43. The van der Waals surface area contributed by atoms with E-state index in [-0.39, 0.29) is 0 Å². The maximum atomic E-state index is 11.9. The maximum absolute atomic E-state index is 11.9. The highest BCUT2D eigenvalue weighted by molar-refractivity contribution is 7.51. The Balaban J connectivity index is 2.76. The first-order valence-electron chi connectivity index (χ1n) is 5.08. The molecule has 1 rings (SSSR count). The van der Waals surface area contributed by atoms with Crippen molar-refractivity contribution in [2.24, 2.45) is 0 Å². The molecular weight excluding hydrogens is 213 g/mol. The van der Waals surface area contributed by atoms with Gasteiger partial charge in [0.25, 0.3) is 0 Å². The highest BCUT2D eigenvalue weighted by Gasteiger charge is 2.37. The molecule has 1 saturated carbocycles. The van der Waals surface area contributed by atoms with Crippen molar-refractivity contribution in [3.05, 3.63) is 0 Å². The van der Waals surface area contributed by atoms with Crippen LogP contribution in [0.5, 0.6) is 0 Å². The Morgan fingerprint density at radius 2 is 1.80 bits per heavy atom. The van der Waals surface area contributed by atoms with Crippen LogP contribution in [0.15, 0.2) is 0 Å². The third kappa shape index (κ3) is 3.06. The average Bonchev–Trinajstić information content (AvgIpc) is 2.30. The van der Waals surface area contributed by atoms with Gasteiger partial charge < -0.3 is 9.05 Å². The van der Waals surface area contributed by atoms with Crippen molar-refractivity contribution >= 4 is 7.75 Å². The monoisotopic (exact) mass is 231 g/mol. The van der Waals surface area contributed by atoms with Crippen molar-refractivity contribution < 1.29 is 13.6 Å². The fourth-order valence-electron chi connectivity index (χ4n) is 1.87. The number of rotatable bonds is 4. The Morgan fingerprint density at radius 3 is 2.20 bits per heavy atom. The molecule has 0 radical (unpaired) electrons. The normalized spacial score (nSPS) is 20.9. The third-order valence-corrected chi connectivity index (χ3v) is 4.48. The van der Waals surface area contributed by atoms with Crippen LogP contribution in [0.2, 0.25) is 0 Å². The Morgan fingerprint density at radius 1 is 1.27 bits per heavy atom. The van der Waals surface area contributed by atoms with Crippen LogP contribution in [-0.4, -0.2) is 19.8 Å². The van der Waals surface area contributed by atoms with E-state index in [0.29, 0.717) is 0 Å². The predicted octanol–water partition coefficient (Wildman–Crippen LogP) is 2.31. The Labute approximate surface area is 91.3 Å². The standard InChI is InChI=1S/C10H18NO3P/c1-4-10(8-6-5-7-9-10)11-15(12,13-2)14-3/h1H,5-9H2,2-3H3,(H,11,12). The lowest BCUT2D eigenvalue weighted by atomic mass is 9.83. The van der Waals surface area contributed by atoms with Crippen molar-refractivity contribution in [2.45, 2.75) is 37.6 Å². The summed E-state index contributed by atoms with van der Waals surface area (Å²) in [5.74, 6) is 2.70. The van der Waals surface area contributed by atoms with Crippen molar-refractivity contribution in [3.8, 4) is 12.3 Å². The number of terminal acetylenes is 1. The van der Waals surface area contributed by atoms with Crippen LogP contribution >= 0.6 is 7.75 Å². The molecule has 0 unspecified atom stereocenters. The number of nitrogens with one attached hydrogen (secondary N) is 1. The number of hydrogen-bond acceptors (Lipinski definition) is 3. The molecule has 1 aliphatic carbocycles. The van der Waals surface area contributed by atoms with Crippen molar-refractivity contribution in [2.75, 3.05) is 14.2 Å². The molecule has 0 amide bonds. The molecule has 1 aliphatic rings. The minimum atomic E-state index is -3.22. The smallest absolute Gasteiger partial charge is 0.300 e. The Bertz CT molecular complexity index is 284. The van der Waals surface area contributed by atoms with Gasteiger partial charge in [-0.1, -0.05) is 25.2 Å². The van der Waals surface area contributed by atoms with Crippen LogP contribution in [0.25, 0.3) is 0 Å². The molecule has 0 aliphatic heterocycles. The van der Waals surface area contributed by atoms with Gasteiger partial charge in [-0.05, 0) is 12.8 Å². The summed E-state index contributed by atoms with van der Waals surface area (Å²) in [6.45, 7) is 0. The van der Waals surface area contributed by atoms with Gasteiger partial charge in [0.2, 0.25) is 0 Å². The molecule has 1 N–H and O–H groups in total. The molecule has 0 heterocycles. The summed E-state index contributed by atoms with van der Waals surface area (Å²) in [7, 11) is -0.521. The number of hydrogen-bond donors (Lipinski definition) is 1. The first-order valence-corrected chi connectivity index (χ1v) is 6.63. The highest BCUT2D eigenvalue weighted by atomic mass is 31.2. The second kappa shape index (κ2) is 5.14. The fraction of sp³-hybridized carbons (Fsp3) is 0.800. The molecule has 4 nitrogen and oxygen atoms in total. The molecule has 0 aromatic carbocycles. The molecule has 0 spiro atoms. The summed E-state index contributed by atoms with van der Waals surface area (Å²) in [6, 6.07) is 0. The van der Waals surface area contributed by atoms with E-state index in [1.807, 2.05) is 0 Å². The summed E-state index contributed by atoms with van der Waals surface area (Å²) in [5, 5.41) is 2.87. The van der Waals surface area contributed by atoms with Crippen LogP contribution in [-0.2, 0) is 13.6 Å². The van der Waals surface area contributed by atoms with E-state index in [0.717, 1.165) is 25.7 Å². The van der Waals surface area contributed by atoms with Crippen molar-refractivity contribution in [1.29, 1.82) is 0 Å². The Kier molecular flexibility index (Phi) is 4.36. The van der Waals surface area contributed by atoms with E-state index in [9.17, 15) is 4.57 Å². The molecular formula is C10H18NO3P. The fourth-order valence-corrected chi connectivity index (χ4v) is 3.02. The van der Waals surface area contributed by atoms with Crippen LogP contribution < -0.4 is 5.09 Å². The molecule has 5 heteroatoms. The molecule has 0 atom stereocenters. The zero-order chi connectivity index (χ0) is 11.4. The van der Waals surface area contributed by atoms with Crippen molar-refractivity contribution in [3.63, 3.8) is 0 Å². The van der Waals surface area contributed by atoms with Gasteiger partial charge in [0.15, 0.2) is 0 Å². The van der Waals surface area contributed by atoms with Gasteiger partial charge in [-0.3, -0.25) is 0 Å². The summed E-state index contributed by atoms with van der Waals surface area (Å²) in [5.41, 5.74) is -0.528. The van der Waals surface area contributed by atoms with Crippen LogP contribution in [0.1, 0.15) is 32.1 Å². The van der Waals surface area contributed by atoms with Gasteiger partial charge in [0, 0.05) is 14.2 Å². The van der Waals surface area contributed by atoms with Crippen LogP contribution in [0.4, 0.5) is 0 Å². The lowest BCUT2D eigenvalue weighted by molar-refractivity contribution is 0.236. The van der Waals surface area contributed by atoms with E-state index < -0.39 is 13.3 Å². The summed E-state index contributed by atoms with van der Waals surface area (Å²) in [4.78, 5) is 0.